The van der Waals surface area contributed by atoms with E-state index in [0.29, 0.717) is 18.8 Å². The number of likely N-dealkylation sites (tertiary alicyclic amines) is 1. The third-order valence-electron chi connectivity index (χ3n) is 6.58. The third kappa shape index (κ3) is 5.00. The quantitative estimate of drug-likeness (QED) is 0.495. The van der Waals surface area contributed by atoms with E-state index in [-0.39, 0.29) is 35.5 Å². The molecule has 0 radical (unpaired) electrons. The van der Waals surface area contributed by atoms with Crippen LogP contribution in [0.4, 0.5) is 18.3 Å². The molecule has 12 heteroatoms. The molecule has 0 bridgehead atoms. The summed E-state index contributed by atoms with van der Waals surface area (Å²) >= 11 is 0.923. The van der Waals surface area contributed by atoms with E-state index in [4.69, 9.17) is 4.74 Å². The first-order valence-electron chi connectivity index (χ1n) is 11.2. The summed E-state index contributed by atoms with van der Waals surface area (Å²) in [6.45, 7) is 0.623. The van der Waals surface area contributed by atoms with Gasteiger partial charge >= 0.3 is 6.18 Å². The number of hydrogen-bond acceptors (Lipinski definition) is 7. The summed E-state index contributed by atoms with van der Waals surface area (Å²) < 4.78 is 78.4. The number of ether oxygens (including phenoxy) is 1. The maximum atomic E-state index is 13.6. The molecule has 3 aromatic rings. The van der Waals surface area contributed by atoms with Gasteiger partial charge in [-0.25, -0.2) is 13.4 Å². The number of sulfonamides is 1. The van der Waals surface area contributed by atoms with E-state index in [9.17, 15) is 21.6 Å². The number of piperidine rings is 1. The van der Waals surface area contributed by atoms with Gasteiger partial charge < -0.3 is 4.74 Å². The van der Waals surface area contributed by atoms with Crippen molar-refractivity contribution < 1.29 is 26.3 Å². The van der Waals surface area contributed by atoms with Crippen molar-refractivity contribution in [1.82, 2.24) is 14.3 Å². The van der Waals surface area contributed by atoms with Crippen molar-refractivity contribution in [3.63, 3.8) is 0 Å². The van der Waals surface area contributed by atoms with Crippen LogP contribution in [-0.2, 0) is 10.0 Å². The Balaban J connectivity index is 1.46. The van der Waals surface area contributed by atoms with E-state index in [1.165, 1.54) is 18.5 Å². The molecule has 1 aromatic heterocycles. The Bertz CT molecular complexity index is 1270. The van der Waals surface area contributed by atoms with Crippen molar-refractivity contribution in [1.29, 1.82) is 0 Å². The predicted octanol–water partition coefficient (Wildman–Crippen LogP) is 5.18. The summed E-state index contributed by atoms with van der Waals surface area (Å²) in [4.78, 5) is 5.98. The van der Waals surface area contributed by atoms with Gasteiger partial charge in [-0.15, -0.1) is 0 Å². The Morgan fingerprint density at radius 1 is 1.09 bits per heavy atom. The molecule has 0 aliphatic carbocycles. The Morgan fingerprint density at radius 3 is 2.60 bits per heavy atom. The molecular formula is C23H23F3N4O3S2. The van der Waals surface area contributed by atoms with Crippen LogP contribution in [0.15, 0.2) is 59.8 Å². The molecule has 1 fully saturated rings. The normalized spacial score (nSPS) is 23.3. The van der Waals surface area contributed by atoms with Crippen molar-refractivity contribution in [2.75, 3.05) is 17.9 Å². The molecule has 3 atom stereocenters. The Kier molecular flexibility index (Phi) is 6.45. The van der Waals surface area contributed by atoms with Gasteiger partial charge in [-0.3, -0.25) is 9.62 Å². The largest absolute Gasteiger partial charge is 0.493 e. The van der Waals surface area contributed by atoms with Crippen LogP contribution in [0, 0.1) is 5.92 Å². The standard InChI is InChI=1S/C23H23F3N4O3S2/c24-23(25,26)16-8-10-30(20(12-16)15-4-2-1-3-5-15)19-9-11-33-21-13-17(6-7-18(19)21)35(31,32)29-22-27-14-28-34-22/h1-7,13-14,16,19-20H,8-12H2,(H,27,28,29)/t16-,19?,20+/m0/s1. The number of fused-ring (bicyclic) bond motifs is 1. The fraction of sp³-hybridized carbons (Fsp3) is 0.391. The summed E-state index contributed by atoms with van der Waals surface area (Å²) in [6, 6.07) is 13.3. The minimum absolute atomic E-state index is 0.0154. The highest BCUT2D eigenvalue weighted by molar-refractivity contribution is 7.93. The lowest BCUT2D eigenvalue weighted by Crippen LogP contribution is -2.44. The smallest absolute Gasteiger partial charge is 0.391 e. The van der Waals surface area contributed by atoms with Gasteiger partial charge in [0.05, 0.1) is 17.4 Å². The summed E-state index contributed by atoms with van der Waals surface area (Å²) in [5.41, 5.74) is 1.62. The molecule has 3 heterocycles. The number of nitrogens with zero attached hydrogens (tertiary/aromatic N) is 3. The van der Waals surface area contributed by atoms with E-state index in [2.05, 4.69) is 19.0 Å². The molecule has 5 rings (SSSR count). The number of alkyl halides is 3. The van der Waals surface area contributed by atoms with Crippen molar-refractivity contribution in [2.45, 2.75) is 42.4 Å². The van der Waals surface area contributed by atoms with Crippen LogP contribution in [0.2, 0.25) is 0 Å². The average molecular weight is 525 g/mol. The van der Waals surface area contributed by atoms with E-state index in [0.717, 1.165) is 22.7 Å². The van der Waals surface area contributed by atoms with Crippen LogP contribution in [0.25, 0.3) is 0 Å². The number of hydrogen-bond donors (Lipinski definition) is 1. The lowest BCUT2D eigenvalue weighted by Gasteiger charge is -2.46. The molecule has 0 spiro atoms. The number of nitrogens with one attached hydrogen (secondary N) is 1. The molecule has 35 heavy (non-hydrogen) atoms. The summed E-state index contributed by atoms with van der Waals surface area (Å²) in [5.74, 6) is -0.937. The number of benzene rings is 2. The molecule has 7 nitrogen and oxygen atoms in total. The SMILES string of the molecule is O=S(=O)(Nc1ncns1)c1ccc2c(c1)OCCC2N1CC[C@H](C(F)(F)F)C[C@@H]1c1ccccc1. The van der Waals surface area contributed by atoms with Gasteiger partial charge in [0.25, 0.3) is 10.0 Å². The molecule has 186 valence electrons. The summed E-state index contributed by atoms with van der Waals surface area (Å²) in [6.07, 6.45) is -2.37. The van der Waals surface area contributed by atoms with Crippen molar-refractivity contribution >= 4 is 26.7 Å². The fourth-order valence-electron chi connectivity index (χ4n) is 4.91. The maximum absolute atomic E-state index is 13.6. The van der Waals surface area contributed by atoms with Crippen LogP contribution in [0.1, 0.15) is 42.5 Å². The maximum Gasteiger partial charge on any atom is 0.391 e. The summed E-state index contributed by atoms with van der Waals surface area (Å²) in [7, 11) is -3.90. The molecule has 2 aliphatic heterocycles. The lowest BCUT2D eigenvalue weighted by atomic mass is 9.84. The zero-order chi connectivity index (χ0) is 24.6. The van der Waals surface area contributed by atoms with Gasteiger partial charge in [0.1, 0.15) is 12.1 Å². The molecule has 2 aromatic carbocycles. The zero-order valence-corrected chi connectivity index (χ0v) is 20.1. The van der Waals surface area contributed by atoms with Crippen molar-refractivity contribution in [3.05, 3.63) is 66.0 Å². The predicted molar refractivity (Wildman–Crippen MR) is 125 cm³/mol. The number of halogens is 3. The minimum Gasteiger partial charge on any atom is -0.493 e. The second kappa shape index (κ2) is 9.40. The second-order valence-electron chi connectivity index (χ2n) is 8.63. The van der Waals surface area contributed by atoms with Crippen molar-refractivity contribution in [2.24, 2.45) is 5.92 Å². The number of anilines is 1. The topological polar surface area (TPSA) is 84.4 Å². The van der Waals surface area contributed by atoms with E-state index in [1.54, 1.807) is 6.07 Å². The first-order chi connectivity index (χ1) is 16.7. The van der Waals surface area contributed by atoms with Gasteiger partial charge in [-0.05, 0) is 31.0 Å². The Hall–Kier alpha value is -2.70. The highest BCUT2D eigenvalue weighted by atomic mass is 32.2. The monoisotopic (exact) mass is 524 g/mol. The Labute approximate surface area is 205 Å². The van der Waals surface area contributed by atoms with E-state index >= 15 is 0 Å². The highest BCUT2D eigenvalue weighted by Gasteiger charge is 2.46. The first-order valence-corrected chi connectivity index (χ1v) is 13.4. The molecular weight excluding hydrogens is 501 g/mol. The first kappa shape index (κ1) is 24.0. The molecule has 0 saturated carbocycles. The van der Waals surface area contributed by atoms with Crippen LogP contribution in [-0.4, -0.2) is 42.0 Å². The fourth-order valence-corrected chi connectivity index (χ4v) is 6.59. The molecule has 1 saturated heterocycles. The van der Waals surface area contributed by atoms with Crippen LogP contribution in [0.3, 0.4) is 0 Å². The van der Waals surface area contributed by atoms with E-state index < -0.39 is 28.2 Å². The molecule has 2 aliphatic rings. The molecule has 1 unspecified atom stereocenters. The number of rotatable bonds is 5. The van der Waals surface area contributed by atoms with Gasteiger partial charge in [0, 0.05) is 41.7 Å². The lowest BCUT2D eigenvalue weighted by molar-refractivity contribution is -0.192. The average Bonchev–Trinajstić information content (AvgIpc) is 3.35. The zero-order valence-electron chi connectivity index (χ0n) is 18.5. The van der Waals surface area contributed by atoms with Gasteiger partial charge in [0.15, 0.2) is 0 Å². The van der Waals surface area contributed by atoms with Gasteiger partial charge in [0.2, 0.25) is 5.13 Å². The minimum atomic E-state index is -4.24. The Morgan fingerprint density at radius 2 is 1.89 bits per heavy atom. The van der Waals surface area contributed by atoms with Crippen LogP contribution < -0.4 is 9.46 Å². The highest BCUT2D eigenvalue weighted by Crippen LogP contribution is 2.48. The van der Waals surface area contributed by atoms with Crippen molar-refractivity contribution in [3.8, 4) is 5.75 Å². The van der Waals surface area contributed by atoms with E-state index in [1.807, 2.05) is 30.3 Å². The number of aromatic nitrogens is 2. The van der Waals surface area contributed by atoms with Crippen LogP contribution >= 0.6 is 11.5 Å². The molecule has 0 amide bonds. The second-order valence-corrected chi connectivity index (χ2v) is 11.1. The van der Waals surface area contributed by atoms with Gasteiger partial charge in [-0.2, -0.15) is 17.5 Å². The van der Waals surface area contributed by atoms with Gasteiger partial charge in [-0.1, -0.05) is 36.4 Å². The molecule has 1 N–H and O–H groups in total. The van der Waals surface area contributed by atoms with Crippen LogP contribution in [0.5, 0.6) is 5.75 Å². The summed E-state index contributed by atoms with van der Waals surface area (Å²) in [5, 5.41) is 0.153. The third-order valence-corrected chi connectivity index (χ3v) is 8.62.